The van der Waals surface area contributed by atoms with Crippen molar-refractivity contribution in [1.29, 1.82) is 0 Å². The fourth-order valence-corrected chi connectivity index (χ4v) is 3.36. The van der Waals surface area contributed by atoms with Gasteiger partial charge in [0.2, 0.25) is 5.78 Å². The molecule has 25 heavy (non-hydrogen) atoms. The molecule has 2 aromatic rings. The molecule has 1 atom stereocenters. The first-order valence-electron chi connectivity index (χ1n) is 7.87. The number of benzene rings is 1. The van der Waals surface area contributed by atoms with E-state index in [0.29, 0.717) is 29.8 Å². The van der Waals surface area contributed by atoms with Crippen LogP contribution in [0.3, 0.4) is 0 Å². The van der Waals surface area contributed by atoms with Crippen molar-refractivity contribution in [3.05, 3.63) is 57.9 Å². The van der Waals surface area contributed by atoms with Crippen molar-refractivity contribution >= 4 is 29.3 Å². The summed E-state index contributed by atoms with van der Waals surface area (Å²) < 4.78 is 6.58. The highest BCUT2D eigenvalue weighted by molar-refractivity contribution is 6.35. The smallest absolute Gasteiger partial charge is 0.338 e. The number of aromatic nitrogens is 1. The quantitative estimate of drug-likeness (QED) is 0.653. The number of aliphatic carboxylic acids is 1. The van der Waals surface area contributed by atoms with Crippen LogP contribution in [0.1, 0.15) is 51.4 Å². The zero-order valence-electron chi connectivity index (χ0n) is 13.5. The van der Waals surface area contributed by atoms with Crippen LogP contribution in [0.5, 0.6) is 0 Å². The van der Waals surface area contributed by atoms with Crippen molar-refractivity contribution in [2.45, 2.75) is 25.8 Å². The maximum absolute atomic E-state index is 12.8. The topological polar surface area (TPSA) is 85.6 Å². The molecule has 3 rings (SSSR count). The molecule has 0 amide bonds. The summed E-state index contributed by atoms with van der Waals surface area (Å²) >= 11 is 6.19. The van der Waals surface area contributed by atoms with Crippen LogP contribution in [0, 0.1) is 0 Å². The number of hydrogen-bond donors (Lipinski definition) is 1. The summed E-state index contributed by atoms with van der Waals surface area (Å²) in [6.45, 7) is 2.42. The van der Waals surface area contributed by atoms with Crippen LogP contribution in [0.25, 0.3) is 0 Å². The molecule has 130 valence electrons. The molecule has 6 nitrogen and oxygen atoms in total. The average molecular weight is 362 g/mol. The Morgan fingerprint density at radius 1 is 1.24 bits per heavy atom. The average Bonchev–Trinajstić information content (AvgIpc) is 3.12. The van der Waals surface area contributed by atoms with Crippen molar-refractivity contribution < 1.29 is 24.2 Å². The van der Waals surface area contributed by atoms with E-state index in [0.717, 1.165) is 0 Å². The van der Waals surface area contributed by atoms with Gasteiger partial charge in [-0.05, 0) is 31.5 Å². The van der Waals surface area contributed by atoms with Gasteiger partial charge in [0.05, 0.1) is 23.1 Å². The van der Waals surface area contributed by atoms with Gasteiger partial charge in [0.25, 0.3) is 0 Å². The summed E-state index contributed by atoms with van der Waals surface area (Å²) in [6, 6.07) is 7.66. The maximum atomic E-state index is 12.8. The molecule has 7 heteroatoms. The Bertz CT molecular complexity index is 853. The zero-order chi connectivity index (χ0) is 18.1. The molecule has 2 heterocycles. The van der Waals surface area contributed by atoms with Crippen molar-refractivity contribution in [3.63, 3.8) is 0 Å². The molecule has 1 aliphatic rings. The lowest BCUT2D eigenvalue weighted by Crippen LogP contribution is -2.11. The fraction of sp³-hybridized carbons (Fsp3) is 0.278. The Morgan fingerprint density at radius 3 is 2.48 bits per heavy atom. The number of carboxylic acid groups (broad SMARTS) is 1. The van der Waals surface area contributed by atoms with Crippen molar-refractivity contribution in [3.8, 4) is 0 Å². The van der Waals surface area contributed by atoms with Crippen LogP contribution in [-0.4, -0.2) is 34.0 Å². The van der Waals surface area contributed by atoms with Gasteiger partial charge in [0.15, 0.2) is 0 Å². The van der Waals surface area contributed by atoms with Gasteiger partial charge in [0, 0.05) is 17.8 Å². The Balaban J connectivity index is 1.91. The summed E-state index contributed by atoms with van der Waals surface area (Å²) in [7, 11) is 0. The number of esters is 1. The summed E-state index contributed by atoms with van der Waals surface area (Å²) in [5.41, 5.74) is 1.55. The van der Waals surface area contributed by atoms with Crippen LogP contribution in [0.2, 0.25) is 5.02 Å². The second kappa shape index (κ2) is 6.72. The van der Waals surface area contributed by atoms with Crippen molar-refractivity contribution in [2.24, 2.45) is 0 Å². The molecule has 0 bridgehead atoms. The number of fused-ring (bicyclic) bond motifs is 1. The van der Waals surface area contributed by atoms with E-state index < -0.39 is 17.9 Å². The number of hydrogen-bond acceptors (Lipinski definition) is 4. The number of carbonyl (C=O) groups is 3. The van der Waals surface area contributed by atoms with Crippen LogP contribution in [-0.2, 0) is 16.1 Å². The second-order valence-electron chi connectivity index (χ2n) is 5.72. The van der Waals surface area contributed by atoms with E-state index in [1.54, 1.807) is 17.6 Å². The van der Waals surface area contributed by atoms with Gasteiger partial charge in [-0.15, -0.1) is 0 Å². The molecule has 1 aromatic heterocycles. The highest BCUT2D eigenvalue weighted by Crippen LogP contribution is 2.36. The van der Waals surface area contributed by atoms with E-state index in [1.165, 1.54) is 24.3 Å². The monoisotopic (exact) mass is 361 g/mol. The normalized spacial score (nSPS) is 15.7. The van der Waals surface area contributed by atoms with Gasteiger partial charge in [0.1, 0.15) is 5.69 Å². The number of ketones is 1. The molecular weight excluding hydrogens is 346 g/mol. The Morgan fingerprint density at radius 2 is 1.88 bits per heavy atom. The molecule has 1 unspecified atom stereocenters. The Labute approximate surface area is 149 Å². The van der Waals surface area contributed by atoms with Crippen LogP contribution in [0.15, 0.2) is 30.3 Å². The minimum Gasteiger partial charge on any atom is -0.481 e. The highest BCUT2D eigenvalue weighted by atomic mass is 35.5. The van der Waals surface area contributed by atoms with E-state index in [-0.39, 0.29) is 23.1 Å². The van der Waals surface area contributed by atoms with Gasteiger partial charge < -0.3 is 14.4 Å². The van der Waals surface area contributed by atoms with E-state index >= 15 is 0 Å². The lowest BCUT2D eigenvalue weighted by molar-refractivity contribution is -0.138. The predicted octanol–water partition coefficient (Wildman–Crippen LogP) is 3.12. The number of carboxylic acids is 1. The summed E-state index contributed by atoms with van der Waals surface area (Å²) in [5.74, 6) is -2.33. The van der Waals surface area contributed by atoms with Crippen LogP contribution < -0.4 is 0 Å². The summed E-state index contributed by atoms with van der Waals surface area (Å²) in [4.78, 5) is 35.8. The number of rotatable bonds is 5. The third-order valence-corrected chi connectivity index (χ3v) is 4.54. The lowest BCUT2D eigenvalue weighted by Gasteiger charge is -2.07. The Hall–Kier alpha value is -2.60. The minimum absolute atomic E-state index is 0.236. The molecule has 1 N–H and O–H groups in total. The fourth-order valence-electron chi connectivity index (χ4n) is 3.06. The van der Waals surface area contributed by atoms with Crippen LogP contribution >= 0.6 is 11.6 Å². The molecule has 0 saturated heterocycles. The highest BCUT2D eigenvalue weighted by Gasteiger charge is 2.33. The second-order valence-corrected chi connectivity index (χ2v) is 6.13. The van der Waals surface area contributed by atoms with E-state index in [2.05, 4.69) is 0 Å². The zero-order valence-corrected chi connectivity index (χ0v) is 14.2. The lowest BCUT2D eigenvalue weighted by atomic mass is 10.0. The first kappa shape index (κ1) is 17.2. The molecular formula is C18H16ClNO5. The minimum atomic E-state index is -0.925. The molecule has 1 aliphatic heterocycles. The van der Waals surface area contributed by atoms with Crippen LogP contribution in [0.4, 0.5) is 0 Å². The maximum Gasteiger partial charge on any atom is 0.338 e. The largest absolute Gasteiger partial charge is 0.481 e. The molecule has 0 fully saturated rings. The summed E-state index contributed by atoms with van der Waals surface area (Å²) in [5, 5.41) is 9.49. The molecule has 1 aromatic carbocycles. The molecule has 0 radical (unpaired) electrons. The van der Waals surface area contributed by atoms with Crippen molar-refractivity contribution in [2.75, 3.05) is 6.61 Å². The molecule has 0 spiro atoms. The first-order valence-corrected chi connectivity index (χ1v) is 8.25. The van der Waals surface area contributed by atoms with Gasteiger partial charge in [-0.3, -0.25) is 9.59 Å². The van der Waals surface area contributed by atoms with Gasteiger partial charge in [-0.2, -0.15) is 0 Å². The first-order chi connectivity index (χ1) is 11.9. The number of carbonyl (C=O) groups excluding carboxylic acids is 2. The number of halogens is 1. The summed E-state index contributed by atoms with van der Waals surface area (Å²) in [6.07, 6.45) is 0.434. The number of ether oxygens (including phenoxy) is 1. The SMILES string of the molecule is CCOC(=O)c1ccc(C(=O)c2c(Cl)cc3n2CCC3C(=O)O)cc1. The third kappa shape index (κ3) is 3.05. The third-order valence-electron chi connectivity index (χ3n) is 4.25. The predicted molar refractivity (Wildman–Crippen MR) is 90.3 cm³/mol. The van der Waals surface area contributed by atoms with Gasteiger partial charge >= 0.3 is 11.9 Å². The molecule has 0 saturated carbocycles. The Kier molecular flexibility index (Phi) is 4.63. The van der Waals surface area contributed by atoms with Crippen molar-refractivity contribution in [1.82, 2.24) is 4.57 Å². The van der Waals surface area contributed by atoms with Gasteiger partial charge in [-0.25, -0.2) is 4.79 Å². The van der Waals surface area contributed by atoms with E-state index in [1.807, 2.05) is 0 Å². The van der Waals surface area contributed by atoms with E-state index in [9.17, 15) is 19.5 Å². The van der Waals surface area contributed by atoms with E-state index in [4.69, 9.17) is 16.3 Å². The molecule has 0 aliphatic carbocycles. The standard InChI is InChI=1S/C18H16ClNO5/c1-2-25-18(24)11-5-3-10(4-6-11)16(21)15-13(19)9-14-12(17(22)23)7-8-20(14)15/h3-6,9,12H,2,7-8H2,1H3,(H,22,23). The number of nitrogens with zero attached hydrogens (tertiary/aromatic N) is 1. The van der Waals surface area contributed by atoms with Gasteiger partial charge in [-0.1, -0.05) is 23.7 Å².